The topological polar surface area (TPSA) is 151 Å². The smallest absolute Gasteiger partial charge is 0.378 e. The minimum atomic E-state index is -4.23. The van der Waals surface area contributed by atoms with Gasteiger partial charge in [0, 0.05) is 18.1 Å². The van der Waals surface area contributed by atoms with Crippen LogP contribution in [0.1, 0.15) is 11.5 Å². The Balaban J connectivity index is 2.14. The lowest BCUT2D eigenvalue weighted by atomic mass is 9.89. The monoisotopic (exact) mass is 394 g/mol. The molecule has 0 bridgehead atoms. The lowest BCUT2D eigenvalue weighted by Gasteiger charge is -2.31. The highest BCUT2D eigenvalue weighted by atomic mass is 32.3. The van der Waals surface area contributed by atoms with Gasteiger partial charge in [0.25, 0.3) is 5.69 Å². The molecule has 13 heteroatoms. The summed E-state index contributed by atoms with van der Waals surface area (Å²) in [5.74, 6) is -0.881. The van der Waals surface area contributed by atoms with E-state index in [4.69, 9.17) is 13.1 Å². The van der Waals surface area contributed by atoms with E-state index in [1.807, 2.05) is 0 Å². The molecule has 0 spiro atoms. The number of nitrogens with zero attached hydrogens (tertiary/aromatic N) is 1. The maximum Gasteiger partial charge on any atom is 0.400 e. The number of nitro groups is 1. The summed E-state index contributed by atoms with van der Waals surface area (Å²) in [6.45, 7) is -0.128. The van der Waals surface area contributed by atoms with E-state index in [2.05, 4.69) is 4.72 Å². The van der Waals surface area contributed by atoms with Gasteiger partial charge >= 0.3 is 10.4 Å². The minimum Gasteiger partial charge on any atom is -0.378 e. The van der Waals surface area contributed by atoms with Gasteiger partial charge in [-0.05, 0) is 18.7 Å². The van der Waals surface area contributed by atoms with Gasteiger partial charge in [-0.3, -0.25) is 10.1 Å². The molecule has 0 unspecified atom stereocenters. The van der Waals surface area contributed by atoms with E-state index in [9.17, 15) is 26.9 Å². The second-order valence-corrected chi connectivity index (χ2v) is 8.49. The molecule has 2 fully saturated rings. The van der Waals surface area contributed by atoms with Crippen LogP contribution in [0.25, 0.3) is 0 Å². The molecule has 2 aliphatic rings. The van der Waals surface area contributed by atoms with Crippen molar-refractivity contribution in [3.8, 4) is 0 Å². The van der Waals surface area contributed by atoms with Crippen LogP contribution < -0.4 is 4.72 Å². The van der Waals surface area contributed by atoms with Gasteiger partial charge in [-0.15, -0.1) is 0 Å². The molecule has 3 atom stereocenters. The summed E-state index contributed by atoms with van der Waals surface area (Å²) in [5, 5.41) is 11.1. The van der Waals surface area contributed by atoms with Crippen LogP contribution in [0.3, 0.4) is 0 Å². The highest BCUT2D eigenvalue weighted by Gasteiger charge is 2.49. The maximum absolute atomic E-state index is 12.3. The summed E-state index contributed by atoms with van der Waals surface area (Å²) < 4.78 is 64.7. The van der Waals surface area contributed by atoms with Gasteiger partial charge in [-0.2, -0.15) is 8.42 Å². The van der Waals surface area contributed by atoms with E-state index in [-0.39, 0.29) is 29.4 Å². The van der Waals surface area contributed by atoms with E-state index >= 15 is 0 Å². The Morgan fingerprint density at radius 2 is 2.00 bits per heavy atom. The summed E-state index contributed by atoms with van der Waals surface area (Å²) >= 11 is 0. The Kier molecular flexibility index (Phi) is 4.55. The second-order valence-electron chi connectivity index (χ2n) is 5.43. The first-order valence-electron chi connectivity index (χ1n) is 7.06. The Morgan fingerprint density at radius 3 is 2.64 bits per heavy atom. The lowest BCUT2D eigenvalue weighted by Crippen LogP contribution is -2.41. The predicted molar refractivity (Wildman–Crippen MR) is 81.6 cm³/mol. The highest BCUT2D eigenvalue weighted by molar-refractivity contribution is 7.89. The number of non-ortho nitro benzene ring substituents is 1. The first-order valence-corrected chi connectivity index (χ1v) is 9.87. The lowest BCUT2D eigenvalue weighted by molar-refractivity contribution is -0.385. The summed E-state index contributed by atoms with van der Waals surface area (Å²) in [6, 6.07) is 3.22. The fraction of sp³-hybridized carbons (Fsp3) is 0.500. The van der Waals surface area contributed by atoms with Crippen LogP contribution in [-0.2, 0) is 33.5 Å². The van der Waals surface area contributed by atoms with Gasteiger partial charge < -0.3 is 4.74 Å². The minimum absolute atomic E-state index is 0.0268. The van der Waals surface area contributed by atoms with Crippen molar-refractivity contribution < 1.29 is 34.9 Å². The van der Waals surface area contributed by atoms with Crippen molar-refractivity contribution in [2.24, 2.45) is 0 Å². The standard InChI is InChI=1S/C12H14N2O9S2/c1-13-24(17,18)11-3-2-7(14(15)16)4-8(11)9-5-21-6-10-12(9)23-25(19,20)22-10/h2-4,9-10,12-13H,5-6H2,1H3/t9-,10+,12-/m1/s1. The van der Waals surface area contributed by atoms with Gasteiger partial charge in [0.15, 0.2) is 0 Å². The van der Waals surface area contributed by atoms with Crippen molar-refractivity contribution >= 4 is 26.1 Å². The average Bonchev–Trinajstić information content (AvgIpc) is 2.87. The Labute approximate surface area is 143 Å². The van der Waals surface area contributed by atoms with Crippen LogP contribution in [0.2, 0.25) is 0 Å². The van der Waals surface area contributed by atoms with E-state index in [0.717, 1.165) is 18.2 Å². The molecule has 0 aromatic heterocycles. The molecule has 2 saturated heterocycles. The normalized spacial score (nSPS) is 28.4. The zero-order valence-corrected chi connectivity index (χ0v) is 14.4. The maximum atomic E-state index is 12.3. The molecule has 1 aromatic rings. The molecule has 3 rings (SSSR count). The number of nitrogens with one attached hydrogen (secondary N) is 1. The summed E-state index contributed by atoms with van der Waals surface area (Å²) in [5.41, 5.74) is -0.312. The summed E-state index contributed by atoms with van der Waals surface area (Å²) in [7, 11) is -6.99. The second kappa shape index (κ2) is 6.26. The molecule has 0 amide bonds. The zero-order valence-electron chi connectivity index (χ0n) is 12.8. The van der Waals surface area contributed by atoms with Crippen LogP contribution >= 0.6 is 0 Å². The Hall–Kier alpha value is -1.64. The molecule has 1 N–H and O–H groups in total. The number of benzene rings is 1. The Bertz CT molecular complexity index is 913. The van der Waals surface area contributed by atoms with Crippen molar-refractivity contribution in [2.45, 2.75) is 23.0 Å². The first-order chi connectivity index (χ1) is 11.6. The van der Waals surface area contributed by atoms with Gasteiger partial charge in [0.1, 0.15) is 12.2 Å². The van der Waals surface area contributed by atoms with Crippen molar-refractivity contribution in [1.29, 1.82) is 0 Å². The predicted octanol–water partition coefficient (Wildman–Crippen LogP) is -0.354. The average molecular weight is 394 g/mol. The third-order valence-corrected chi connectivity index (χ3v) is 6.40. The molecule has 2 aliphatic heterocycles. The molecule has 0 aliphatic carbocycles. The molecule has 25 heavy (non-hydrogen) atoms. The molecule has 1 aromatic carbocycles. The van der Waals surface area contributed by atoms with E-state index < -0.39 is 43.5 Å². The van der Waals surface area contributed by atoms with Crippen molar-refractivity contribution in [3.05, 3.63) is 33.9 Å². The number of rotatable bonds is 4. The number of sulfonamides is 1. The van der Waals surface area contributed by atoms with Crippen LogP contribution in [0, 0.1) is 10.1 Å². The van der Waals surface area contributed by atoms with Crippen LogP contribution in [-0.4, -0.2) is 54.2 Å². The molecule has 0 radical (unpaired) electrons. The third kappa shape index (κ3) is 3.38. The largest absolute Gasteiger partial charge is 0.400 e. The Morgan fingerprint density at radius 1 is 1.28 bits per heavy atom. The zero-order chi connectivity index (χ0) is 18.4. The third-order valence-electron chi connectivity index (χ3n) is 3.97. The number of nitro benzene ring substituents is 1. The van der Waals surface area contributed by atoms with Gasteiger partial charge in [-0.1, -0.05) is 0 Å². The number of ether oxygens (including phenoxy) is 1. The molecule has 2 heterocycles. The fourth-order valence-electron chi connectivity index (χ4n) is 2.84. The van der Waals surface area contributed by atoms with Gasteiger partial charge in [0.2, 0.25) is 10.0 Å². The van der Waals surface area contributed by atoms with Crippen LogP contribution in [0.5, 0.6) is 0 Å². The van der Waals surface area contributed by atoms with Crippen molar-refractivity contribution in [2.75, 3.05) is 20.3 Å². The number of fused-ring (bicyclic) bond motifs is 1. The fourth-order valence-corrected chi connectivity index (χ4v) is 4.87. The molecular formula is C12H14N2O9S2. The number of hydrogen-bond acceptors (Lipinski definition) is 9. The first kappa shape index (κ1) is 18.2. The van der Waals surface area contributed by atoms with Crippen LogP contribution in [0.4, 0.5) is 5.69 Å². The van der Waals surface area contributed by atoms with Crippen molar-refractivity contribution in [1.82, 2.24) is 4.72 Å². The molecule has 0 saturated carbocycles. The van der Waals surface area contributed by atoms with Crippen LogP contribution in [0.15, 0.2) is 23.1 Å². The SMILES string of the molecule is CNS(=O)(=O)c1ccc([N+](=O)[O-])cc1[C@H]1COC[C@@H]2OS(=O)(=O)O[C@@H]21. The highest BCUT2D eigenvalue weighted by Crippen LogP contribution is 2.39. The summed E-state index contributed by atoms with van der Waals surface area (Å²) in [4.78, 5) is 10.2. The quantitative estimate of drug-likeness (QED) is 0.533. The van der Waals surface area contributed by atoms with Crippen molar-refractivity contribution in [3.63, 3.8) is 0 Å². The number of hydrogen-bond donors (Lipinski definition) is 1. The summed E-state index contributed by atoms with van der Waals surface area (Å²) in [6.07, 6.45) is -1.99. The molecular weight excluding hydrogens is 380 g/mol. The molecule has 138 valence electrons. The van der Waals surface area contributed by atoms with E-state index in [1.165, 1.54) is 7.05 Å². The van der Waals surface area contributed by atoms with Gasteiger partial charge in [-0.25, -0.2) is 21.5 Å². The molecule has 11 nitrogen and oxygen atoms in total. The van der Waals surface area contributed by atoms with E-state index in [0.29, 0.717) is 0 Å². The van der Waals surface area contributed by atoms with Gasteiger partial charge in [0.05, 0.1) is 23.0 Å². The van der Waals surface area contributed by atoms with E-state index in [1.54, 1.807) is 0 Å².